The zero-order valence-corrected chi connectivity index (χ0v) is 12.5. The van der Waals surface area contributed by atoms with Crippen molar-refractivity contribution < 1.29 is 19.4 Å². The quantitative estimate of drug-likeness (QED) is 0.829. The number of methoxy groups -OCH3 is 1. The lowest BCUT2D eigenvalue weighted by Crippen LogP contribution is -2.45. The second-order valence-electron chi connectivity index (χ2n) is 4.98. The van der Waals surface area contributed by atoms with Gasteiger partial charge in [0.2, 0.25) is 0 Å². The van der Waals surface area contributed by atoms with Gasteiger partial charge in [-0.1, -0.05) is 6.92 Å². The van der Waals surface area contributed by atoms with Crippen molar-refractivity contribution >= 4 is 11.7 Å². The van der Waals surface area contributed by atoms with Gasteiger partial charge in [-0.2, -0.15) is 0 Å². The summed E-state index contributed by atoms with van der Waals surface area (Å²) in [4.78, 5) is 13.6. The second kappa shape index (κ2) is 7.28. The molecule has 1 heterocycles. The molecule has 6 nitrogen and oxygen atoms in total. The number of nitrogens with zero attached hydrogens (tertiary/aromatic N) is 1. The van der Waals surface area contributed by atoms with Gasteiger partial charge < -0.3 is 19.9 Å². The molecule has 1 aliphatic rings. The molecule has 2 N–H and O–H groups in total. The van der Waals surface area contributed by atoms with Crippen LogP contribution in [0.3, 0.4) is 0 Å². The van der Waals surface area contributed by atoms with Crippen LogP contribution in [0.4, 0.5) is 5.69 Å². The molecule has 1 aromatic carbocycles. The SMILES string of the molecule is CCN1CCOC(CNc2cc(OC)ccc2C(=O)O)C1. The zero-order chi connectivity index (χ0) is 15.2. The van der Waals surface area contributed by atoms with E-state index in [4.69, 9.17) is 9.47 Å². The first-order valence-electron chi connectivity index (χ1n) is 7.13. The van der Waals surface area contributed by atoms with E-state index in [-0.39, 0.29) is 11.7 Å². The molecular formula is C15H22N2O4. The van der Waals surface area contributed by atoms with Crippen molar-refractivity contribution in [2.75, 3.05) is 45.2 Å². The minimum absolute atomic E-state index is 0.0616. The first kappa shape index (κ1) is 15.6. The summed E-state index contributed by atoms with van der Waals surface area (Å²) in [6.07, 6.45) is 0.0616. The summed E-state index contributed by atoms with van der Waals surface area (Å²) in [5, 5.41) is 12.4. The van der Waals surface area contributed by atoms with Crippen LogP contribution in [-0.2, 0) is 4.74 Å². The van der Waals surface area contributed by atoms with Crippen LogP contribution in [0.5, 0.6) is 5.75 Å². The molecule has 2 rings (SSSR count). The maximum atomic E-state index is 11.3. The molecule has 1 aliphatic heterocycles. The number of anilines is 1. The van der Waals surface area contributed by atoms with Crippen LogP contribution in [-0.4, -0.2) is 62.0 Å². The van der Waals surface area contributed by atoms with E-state index >= 15 is 0 Å². The Labute approximate surface area is 124 Å². The summed E-state index contributed by atoms with van der Waals surface area (Å²) in [5.74, 6) is -0.331. The molecule has 0 aliphatic carbocycles. The number of rotatable bonds is 6. The largest absolute Gasteiger partial charge is 0.497 e. The number of carboxylic acid groups (broad SMARTS) is 1. The molecular weight excluding hydrogens is 272 g/mol. The standard InChI is InChI=1S/C15H22N2O4/c1-3-17-6-7-21-12(10-17)9-16-14-8-11(20-2)4-5-13(14)15(18)19/h4-5,8,12,16H,3,6-7,9-10H2,1-2H3,(H,18,19). The third kappa shape index (κ3) is 4.09. The average molecular weight is 294 g/mol. The van der Waals surface area contributed by atoms with Crippen molar-refractivity contribution in [3.8, 4) is 5.75 Å². The number of hydrogen-bond donors (Lipinski definition) is 2. The van der Waals surface area contributed by atoms with Crippen LogP contribution < -0.4 is 10.1 Å². The molecule has 6 heteroatoms. The summed E-state index contributed by atoms with van der Waals surface area (Å²) in [5.41, 5.74) is 0.790. The maximum absolute atomic E-state index is 11.3. The van der Waals surface area contributed by atoms with Gasteiger partial charge in [-0.05, 0) is 18.7 Å². The first-order chi connectivity index (χ1) is 10.1. The molecule has 1 unspecified atom stereocenters. The van der Waals surface area contributed by atoms with E-state index in [9.17, 15) is 9.90 Å². The van der Waals surface area contributed by atoms with Gasteiger partial charge in [0.1, 0.15) is 5.75 Å². The van der Waals surface area contributed by atoms with E-state index < -0.39 is 5.97 Å². The van der Waals surface area contributed by atoms with Crippen molar-refractivity contribution in [3.63, 3.8) is 0 Å². The zero-order valence-electron chi connectivity index (χ0n) is 12.5. The fraction of sp³-hybridized carbons (Fsp3) is 0.533. The predicted octanol–water partition coefficient (Wildman–Crippen LogP) is 1.53. The summed E-state index contributed by atoms with van der Waals surface area (Å²) in [6.45, 7) is 6.22. The Morgan fingerprint density at radius 3 is 3.05 bits per heavy atom. The van der Waals surface area contributed by atoms with Gasteiger partial charge in [0, 0.05) is 25.7 Å². The third-order valence-electron chi connectivity index (χ3n) is 3.65. The van der Waals surface area contributed by atoms with Crippen molar-refractivity contribution in [1.29, 1.82) is 0 Å². The highest BCUT2D eigenvalue weighted by molar-refractivity contribution is 5.94. The van der Waals surface area contributed by atoms with E-state index in [2.05, 4.69) is 17.1 Å². The van der Waals surface area contributed by atoms with Gasteiger partial charge in [0.15, 0.2) is 0 Å². The number of carbonyl (C=O) groups is 1. The number of likely N-dealkylation sites (N-methyl/N-ethyl adjacent to an activating group) is 1. The fourth-order valence-corrected chi connectivity index (χ4v) is 2.40. The van der Waals surface area contributed by atoms with Crippen molar-refractivity contribution in [3.05, 3.63) is 23.8 Å². The Bertz CT molecular complexity index is 493. The summed E-state index contributed by atoms with van der Waals surface area (Å²) < 4.78 is 10.8. The Morgan fingerprint density at radius 2 is 2.38 bits per heavy atom. The Balaban J connectivity index is 2.02. The lowest BCUT2D eigenvalue weighted by Gasteiger charge is -2.32. The van der Waals surface area contributed by atoms with Crippen molar-refractivity contribution in [2.24, 2.45) is 0 Å². The minimum atomic E-state index is -0.958. The topological polar surface area (TPSA) is 71.0 Å². The molecule has 1 aromatic rings. The molecule has 116 valence electrons. The molecule has 1 fully saturated rings. The average Bonchev–Trinajstić information content (AvgIpc) is 2.52. The number of morpholine rings is 1. The van der Waals surface area contributed by atoms with Crippen molar-refractivity contribution in [1.82, 2.24) is 4.90 Å². The highest BCUT2D eigenvalue weighted by atomic mass is 16.5. The lowest BCUT2D eigenvalue weighted by atomic mass is 10.1. The molecule has 1 atom stereocenters. The minimum Gasteiger partial charge on any atom is -0.497 e. The summed E-state index contributed by atoms with van der Waals surface area (Å²) in [6, 6.07) is 4.89. The fourth-order valence-electron chi connectivity index (χ4n) is 2.40. The van der Waals surface area contributed by atoms with Crippen molar-refractivity contribution in [2.45, 2.75) is 13.0 Å². The van der Waals surface area contributed by atoms with Crippen LogP contribution in [0.2, 0.25) is 0 Å². The predicted molar refractivity (Wildman–Crippen MR) is 80.3 cm³/mol. The molecule has 0 saturated carbocycles. The van der Waals surface area contributed by atoms with Crippen LogP contribution >= 0.6 is 0 Å². The highest BCUT2D eigenvalue weighted by Crippen LogP contribution is 2.23. The summed E-state index contributed by atoms with van der Waals surface area (Å²) in [7, 11) is 1.56. The highest BCUT2D eigenvalue weighted by Gasteiger charge is 2.20. The van der Waals surface area contributed by atoms with E-state index in [0.29, 0.717) is 24.6 Å². The number of carboxylic acids is 1. The number of ether oxygens (including phenoxy) is 2. The Hall–Kier alpha value is -1.79. The normalized spacial score (nSPS) is 19.2. The third-order valence-corrected chi connectivity index (χ3v) is 3.65. The first-order valence-corrected chi connectivity index (χ1v) is 7.13. The Morgan fingerprint density at radius 1 is 1.57 bits per heavy atom. The van der Waals surface area contributed by atoms with Gasteiger partial charge in [0.25, 0.3) is 0 Å². The number of benzene rings is 1. The monoisotopic (exact) mass is 294 g/mol. The lowest BCUT2D eigenvalue weighted by molar-refractivity contribution is -0.0191. The number of hydrogen-bond acceptors (Lipinski definition) is 5. The van der Waals surface area contributed by atoms with Crippen LogP contribution in [0.15, 0.2) is 18.2 Å². The molecule has 0 radical (unpaired) electrons. The summed E-state index contributed by atoms with van der Waals surface area (Å²) >= 11 is 0. The smallest absolute Gasteiger partial charge is 0.337 e. The van der Waals surface area contributed by atoms with Crippen LogP contribution in [0, 0.1) is 0 Å². The van der Waals surface area contributed by atoms with E-state index in [1.54, 1.807) is 25.3 Å². The van der Waals surface area contributed by atoms with Crippen LogP contribution in [0.1, 0.15) is 17.3 Å². The maximum Gasteiger partial charge on any atom is 0.337 e. The van der Waals surface area contributed by atoms with E-state index in [1.165, 1.54) is 0 Å². The van der Waals surface area contributed by atoms with Gasteiger partial charge in [-0.3, -0.25) is 4.90 Å². The molecule has 0 bridgehead atoms. The van der Waals surface area contributed by atoms with Gasteiger partial charge >= 0.3 is 5.97 Å². The molecule has 21 heavy (non-hydrogen) atoms. The van der Waals surface area contributed by atoms with Gasteiger partial charge in [0.05, 0.1) is 31.1 Å². The molecule has 0 amide bonds. The second-order valence-corrected chi connectivity index (χ2v) is 4.98. The molecule has 1 saturated heterocycles. The van der Waals surface area contributed by atoms with Gasteiger partial charge in [-0.15, -0.1) is 0 Å². The van der Waals surface area contributed by atoms with E-state index in [0.717, 1.165) is 19.6 Å². The Kier molecular flexibility index (Phi) is 5.41. The van der Waals surface area contributed by atoms with Crippen LogP contribution in [0.25, 0.3) is 0 Å². The molecule has 0 spiro atoms. The number of aromatic carboxylic acids is 1. The molecule has 0 aromatic heterocycles. The van der Waals surface area contributed by atoms with E-state index in [1.807, 2.05) is 0 Å². The number of nitrogens with one attached hydrogen (secondary N) is 1. The van der Waals surface area contributed by atoms with Gasteiger partial charge in [-0.25, -0.2) is 4.79 Å².